The van der Waals surface area contributed by atoms with Crippen LogP contribution in [0.5, 0.6) is 0 Å². The number of aromatic carboxylic acids is 1. The van der Waals surface area contributed by atoms with Crippen LogP contribution in [0.4, 0.5) is 17.8 Å². The van der Waals surface area contributed by atoms with Gasteiger partial charge in [0, 0.05) is 103 Å². The number of allylic oxidation sites excluding steroid dienone is 4. The average molecular weight is 1780 g/mol. The maximum atomic E-state index is 13.5. The first kappa shape index (κ1) is 85.7. The van der Waals surface area contributed by atoms with Crippen LogP contribution < -0.4 is 39.3 Å². The van der Waals surface area contributed by atoms with Crippen LogP contribution >= 0.6 is 72.3 Å². The number of carbonyl (C=O) groups excluding carboxylic acids is 7. The first-order valence-corrected chi connectivity index (χ1v) is 32.7. The van der Waals surface area contributed by atoms with Gasteiger partial charge in [-0.25, -0.2) is 24.7 Å². The van der Waals surface area contributed by atoms with Gasteiger partial charge in [0.25, 0.3) is 23.6 Å². The number of nitrogens with one attached hydrogen (secondary N) is 2. The van der Waals surface area contributed by atoms with E-state index in [1.807, 2.05) is 77.3 Å². The zero-order valence-corrected chi connectivity index (χ0v) is 66.9. The molecule has 0 atom stereocenters. The number of ketones is 1. The largest absolute Gasteiger partial charge is 0.477 e. The molecule has 40 heteroatoms. The molecular formula is C65H76BCl4N23O9S2U. The van der Waals surface area contributed by atoms with E-state index in [-0.39, 0.29) is 110 Å². The maximum absolute atomic E-state index is 13.5. The first-order valence-electron chi connectivity index (χ1n) is 31.7. The summed E-state index contributed by atoms with van der Waals surface area (Å²) in [5, 5.41) is 31.5. The van der Waals surface area contributed by atoms with Crippen LogP contribution in [-0.4, -0.2) is 139 Å². The van der Waals surface area contributed by atoms with Crippen LogP contribution in [0.3, 0.4) is 0 Å². The number of nitrogens with two attached hydrogens (primary N) is 5. The fourth-order valence-electron chi connectivity index (χ4n) is 11.0. The monoisotopic (exact) mass is 1780 g/mol. The van der Waals surface area contributed by atoms with Crippen molar-refractivity contribution in [1.29, 1.82) is 1.34 Å². The molecule has 0 aliphatic carbocycles. The third-order valence-electron chi connectivity index (χ3n) is 15.5. The van der Waals surface area contributed by atoms with Crippen molar-refractivity contribution in [3.05, 3.63) is 169 Å². The molecule has 0 saturated heterocycles. The molecule has 2 aromatic carbocycles. The Morgan fingerprint density at radius 3 is 1.21 bits per heavy atom. The number of nitrogen functional groups attached to an aromatic ring is 1. The summed E-state index contributed by atoms with van der Waals surface area (Å²) in [7, 11) is 3.75. The van der Waals surface area contributed by atoms with Gasteiger partial charge in [-0.1, -0.05) is 24.3 Å². The number of aromatic nitrogens is 16. The number of carboxylic acids is 1. The number of carbonyl (C=O) groups is 8. The average Bonchev–Trinajstić information content (AvgIpc) is 1.63. The Kier molecular flexibility index (Phi) is 30.8. The van der Waals surface area contributed by atoms with E-state index in [4.69, 9.17) is 40.1 Å². The summed E-state index contributed by atoms with van der Waals surface area (Å²) in [5.74, 6) is -2.56. The Balaban J connectivity index is 0.000000374. The standard InChI is InChI=1S/C33H35N11O4S.C25H26N10O3S.C7H10N2O2.BH.4ClH.U/c1-5-43-24(13-18(3)39-43)26(45)17-28-36-21-15-20(29(34)46)9-10-23(21)41(28)11-7-8-12-42-32-22(16-27(49-32)30(35)47)37-33(42)38-31(48)25-14-19(4)40-44(25)6-2;1-3-35-18(10-13(2)32-35)22(38)31-25-30-16-12-19(21(27)37)39-23(16)34(25)9-5-4-8-33-17-7-6-14(20(26)36)11-15(17)29-24(33)28;1-3-9-6(7(10)11)4-5(2)8-9;;;;;;/h7-10,13-16H,5-6,11-12,17H2,1-4H3,(H2,34,46)(H2,35,47)(H,37,38,48);4-7,10-12H,3,8-9H2,1-2H3,(H2,26,36)(H2,27,37)(H2,28,29)(H,30,31,38);4H,3H2,1-2H3,(H,10,11);5*1H;/b8-7+;5-4+;;;;;;;/i;;;1T;;;;;. The number of aryl methyl sites for hydroxylation is 8. The zero-order chi connectivity index (χ0) is 73.3. The summed E-state index contributed by atoms with van der Waals surface area (Å²) in [5.41, 5.74) is 36.8. The van der Waals surface area contributed by atoms with Gasteiger partial charge >= 0.3 is 5.97 Å². The predicted molar refractivity (Wildman–Crippen MR) is 409 cm³/mol. The molecule has 552 valence electrons. The van der Waals surface area contributed by atoms with Gasteiger partial charge in [0.15, 0.2) is 5.78 Å². The number of imidazole rings is 4. The Labute approximate surface area is 659 Å². The molecule has 12 aromatic rings. The molecule has 0 spiro atoms. The number of nitrogens with zero attached hydrogens (tertiary/aromatic N) is 16. The van der Waals surface area contributed by atoms with Crippen molar-refractivity contribution in [3.8, 4) is 0 Å². The van der Waals surface area contributed by atoms with E-state index in [2.05, 4.69) is 54.4 Å². The van der Waals surface area contributed by atoms with Crippen molar-refractivity contribution in [1.82, 2.24) is 77.3 Å². The third-order valence-corrected chi connectivity index (χ3v) is 17.9. The molecule has 10 aromatic heterocycles. The van der Waals surface area contributed by atoms with E-state index in [0.29, 0.717) is 146 Å². The second kappa shape index (κ2) is 37.7. The van der Waals surface area contributed by atoms with Gasteiger partial charge in [0.2, 0.25) is 29.7 Å². The Hall–Kier alpha value is -9.92. The molecule has 0 unspecified atom stereocenters. The van der Waals surface area contributed by atoms with Gasteiger partial charge in [-0.2, -0.15) is 20.4 Å². The van der Waals surface area contributed by atoms with Crippen molar-refractivity contribution in [2.24, 2.45) is 22.9 Å². The molecule has 0 saturated carbocycles. The van der Waals surface area contributed by atoms with E-state index in [0.717, 1.165) is 33.8 Å². The van der Waals surface area contributed by atoms with E-state index in [9.17, 15) is 38.4 Å². The normalized spacial score (nSPS) is 10.9. The molecule has 0 fully saturated rings. The van der Waals surface area contributed by atoms with Crippen molar-refractivity contribution < 1.29 is 74.6 Å². The second-order valence-corrected chi connectivity index (χ2v) is 24.5. The van der Waals surface area contributed by atoms with E-state index < -0.39 is 29.6 Å². The minimum atomic E-state index is -0.924. The summed E-state index contributed by atoms with van der Waals surface area (Å²) in [6.45, 7) is 18.4. The minimum absolute atomic E-state index is 0. The number of Topliss-reactive ketones (excluding diaryl/α,β-unsaturated/α-hetero) is 1. The molecule has 10 heterocycles. The van der Waals surface area contributed by atoms with Gasteiger partial charge in [-0.05, 0) is 130 Å². The van der Waals surface area contributed by atoms with Crippen molar-refractivity contribution in [2.75, 3.05) is 16.4 Å². The van der Waals surface area contributed by atoms with Crippen LogP contribution in [0.2, 0.25) is 0 Å². The summed E-state index contributed by atoms with van der Waals surface area (Å²) in [6.07, 6.45) is 7.61. The first-order chi connectivity index (χ1) is 48.3. The number of primary amides is 4. The molecule has 0 aliphatic rings. The smallest absolute Gasteiger partial charge is 0.354 e. The SMILES string of the molecule is CCn1nc(C)cc1C(=O)Cc1nc2cc(C(N)=O)ccc2n1C/C=C/Cn1c(NC(=O)c2cc(C)nn2CC)nc2cc(C(N)=O)sc21.CCn1nc(C)cc1C(=O)Nc1nc2cc(C(N)=O)sc2n1C/C=C/Cn1c(N)nc2cc(C(N)=O)ccc21.CCn1nc(C)cc1C(=O)O.Cl.Cl.Cl.Cl.[3H][B].[U]. The molecule has 32 nitrogen and oxygen atoms in total. The van der Waals surface area contributed by atoms with E-state index >= 15 is 0 Å². The van der Waals surface area contributed by atoms with E-state index in [1.54, 1.807) is 107 Å². The van der Waals surface area contributed by atoms with Gasteiger partial charge in [0.1, 0.15) is 49.3 Å². The molecule has 105 heavy (non-hydrogen) atoms. The molecule has 0 bridgehead atoms. The fourth-order valence-corrected chi connectivity index (χ4v) is 12.9. The molecule has 12 rings (SSSR count). The van der Waals surface area contributed by atoms with Gasteiger partial charge < -0.3 is 42.9 Å². The van der Waals surface area contributed by atoms with Gasteiger partial charge in [-0.3, -0.25) is 72.1 Å². The number of halogens is 4. The topological polar surface area (TPSA) is 454 Å². The third kappa shape index (κ3) is 19.5. The Morgan fingerprint density at radius 2 is 0.829 bits per heavy atom. The number of fused-ring (bicyclic) bond motifs is 4. The van der Waals surface area contributed by atoms with Crippen LogP contribution in [0.1, 0.15) is 138 Å². The number of amides is 6. The number of anilines is 3. The number of hydrogen-bond donors (Lipinski definition) is 8. The summed E-state index contributed by atoms with van der Waals surface area (Å²) in [6, 6.07) is 19.9. The van der Waals surface area contributed by atoms with Crippen LogP contribution in [0.25, 0.3) is 42.8 Å². The van der Waals surface area contributed by atoms with Crippen molar-refractivity contribution in [2.45, 2.75) is 114 Å². The molecule has 2 radical (unpaired) electrons. The van der Waals surface area contributed by atoms with E-state index in [1.165, 1.54) is 27.4 Å². The number of thiophene rings is 2. The predicted octanol–water partition coefficient (Wildman–Crippen LogP) is 7.84. The number of benzene rings is 2. The Morgan fingerprint density at radius 1 is 0.476 bits per heavy atom. The summed E-state index contributed by atoms with van der Waals surface area (Å²) < 4.78 is 18.9. The van der Waals surface area contributed by atoms with Crippen LogP contribution in [-0.2, 0) is 58.8 Å². The van der Waals surface area contributed by atoms with Crippen LogP contribution in [0, 0.1) is 58.8 Å². The molecule has 6 amide bonds. The Bertz CT molecular complexity index is 5270. The second-order valence-electron chi connectivity index (χ2n) is 22.5. The van der Waals surface area contributed by atoms with Gasteiger partial charge in [0.05, 0.1) is 61.0 Å². The number of hydrogen-bond acceptors (Lipinski definition) is 19. The molecule has 0 aliphatic heterocycles. The number of carboxylic acid groups (broad SMARTS) is 1. The van der Waals surface area contributed by atoms with Crippen molar-refractivity contribution in [3.63, 3.8) is 0 Å². The molecule has 13 N–H and O–H groups in total. The van der Waals surface area contributed by atoms with Crippen molar-refractivity contribution >= 4 is 188 Å². The quantitative estimate of drug-likeness (QED) is 0.0162. The minimum Gasteiger partial charge on any atom is -0.477 e. The van der Waals surface area contributed by atoms with Crippen LogP contribution in [0.15, 0.2) is 97.1 Å². The fraction of sp³-hybridized carbons (Fsp3) is 0.262. The zero-order valence-electron chi connectivity index (χ0n) is 58.9. The van der Waals surface area contributed by atoms with Gasteiger partial charge in [-0.15, -0.1) is 72.3 Å². The summed E-state index contributed by atoms with van der Waals surface area (Å²) in [4.78, 5) is 118. The molecular weight excluding hydrogens is 1700 g/mol. The number of rotatable bonds is 24. The maximum Gasteiger partial charge on any atom is 0.354 e. The summed E-state index contributed by atoms with van der Waals surface area (Å²) >= 11 is 2.39.